The zero-order valence-corrected chi connectivity index (χ0v) is 19.5. The molecular formula is C23H39FO5. The normalized spacial score (nSPS) is 43.6. The van der Waals surface area contributed by atoms with Crippen LogP contribution in [-0.2, 0) is 23.9 Å². The highest BCUT2D eigenvalue weighted by Gasteiger charge is 2.50. The van der Waals surface area contributed by atoms with Crippen LogP contribution in [0.5, 0.6) is 0 Å². The van der Waals surface area contributed by atoms with E-state index in [9.17, 15) is 14.4 Å². The van der Waals surface area contributed by atoms with Gasteiger partial charge in [-0.05, 0) is 44.9 Å². The van der Waals surface area contributed by atoms with Crippen molar-refractivity contribution in [1.82, 2.24) is 0 Å². The topological polar surface area (TPSA) is 69.7 Å². The van der Waals surface area contributed by atoms with Crippen LogP contribution in [0.1, 0.15) is 74.7 Å². The molecule has 0 amide bonds. The van der Waals surface area contributed by atoms with E-state index in [1.54, 1.807) is 13.8 Å². The summed E-state index contributed by atoms with van der Waals surface area (Å²) in [6.07, 6.45) is 0.892. The summed E-state index contributed by atoms with van der Waals surface area (Å²) in [5.74, 6) is -3.65. The first-order valence-corrected chi connectivity index (χ1v) is 10.8. The third-order valence-electron chi connectivity index (χ3n) is 7.14. The first-order valence-electron chi connectivity index (χ1n) is 10.8. The van der Waals surface area contributed by atoms with Gasteiger partial charge >= 0.3 is 5.97 Å². The minimum absolute atomic E-state index is 0.125. The lowest BCUT2D eigenvalue weighted by Crippen LogP contribution is -2.51. The molecule has 0 spiro atoms. The highest BCUT2D eigenvalue weighted by molar-refractivity contribution is 6.07. The van der Waals surface area contributed by atoms with Gasteiger partial charge in [0.15, 0.2) is 5.78 Å². The van der Waals surface area contributed by atoms with Crippen molar-refractivity contribution in [3.05, 3.63) is 0 Å². The van der Waals surface area contributed by atoms with Gasteiger partial charge in [-0.3, -0.25) is 9.59 Å². The Morgan fingerprint density at radius 3 is 2.10 bits per heavy atom. The predicted molar refractivity (Wildman–Crippen MR) is 110 cm³/mol. The highest BCUT2D eigenvalue weighted by Crippen LogP contribution is 2.38. The number of esters is 1. The number of hydrogen-bond donors (Lipinski definition) is 0. The number of methoxy groups -OCH3 is 1. The molecule has 1 unspecified atom stereocenters. The second kappa shape index (κ2) is 9.67. The van der Waals surface area contributed by atoms with Crippen LogP contribution in [0.2, 0.25) is 0 Å². The van der Waals surface area contributed by atoms with Gasteiger partial charge in [-0.15, -0.1) is 0 Å². The van der Waals surface area contributed by atoms with Gasteiger partial charge in [0.1, 0.15) is 11.9 Å². The lowest BCUT2D eigenvalue weighted by atomic mass is 9.71. The van der Waals surface area contributed by atoms with E-state index in [4.69, 9.17) is 9.47 Å². The maximum absolute atomic E-state index is 15.3. The summed E-state index contributed by atoms with van der Waals surface area (Å²) in [5.41, 5.74) is -3.54. The standard InChI is InChI=1S/C23H39FO5/c1-10-18-13(2)11-14(3)19(25)15(4)12-22(7,28-9)17(6)16(5)20(26)23(8,24)21(27)29-18/h13-18H,10-12H2,1-9H3/t13-,14?,15-,16-,17-,18-,22+,23-/m1/s1. The van der Waals surface area contributed by atoms with Gasteiger partial charge in [-0.2, -0.15) is 0 Å². The maximum Gasteiger partial charge on any atom is 0.351 e. The summed E-state index contributed by atoms with van der Waals surface area (Å²) < 4.78 is 26.5. The molecule has 29 heavy (non-hydrogen) atoms. The smallest absolute Gasteiger partial charge is 0.351 e. The quantitative estimate of drug-likeness (QED) is 0.490. The SMILES string of the molecule is CC[C@H]1OC(=O)[C@](C)(F)C(=O)[C@H](C)[C@@H](C)[C@@](C)(OC)C[C@@H](C)C(=O)C(C)C[C@H]1C. The molecule has 0 aromatic heterocycles. The van der Waals surface area contributed by atoms with Crippen LogP contribution in [0.15, 0.2) is 0 Å². The van der Waals surface area contributed by atoms with E-state index in [-0.39, 0.29) is 23.5 Å². The molecule has 0 radical (unpaired) electrons. The molecular weight excluding hydrogens is 375 g/mol. The lowest BCUT2D eigenvalue weighted by molar-refractivity contribution is -0.171. The predicted octanol–water partition coefficient (Wildman–Crippen LogP) is 4.55. The molecule has 1 saturated heterocycles. The van der Waals surface area contributed by atoms with E-state index < -0.39 is 41.0 Å². The van der Waals surface area contributed by atoms with Gasteiger partial charge in [0.2, 0.25) is 0 Å². The van der Waals surface area contributed by atoms with E-state index in [2.05, 4.69) is 0 Å². The van der Waals surface area contributed by atoms with Gasteiger partial charge in [-0.25, -0.2) is 9.18 Å². The number of cyclic esters (lactones) is 1. The van der Waals surface area contributed by atoms with Crippen LogP contribution < -0.4 is 0 Å². The van der Waals surface area contributed by atoms with Crippen molar-refractivity contribution in [2.24, 2.45) is 29.6 Å². The molecule has 0 bridgehead atoms. The van der Waals surface area contributed by atoms with Gasteiger partial charge in [0.05, 0.1) is 5.60 Å². The average Bonchev–Trinajstić information content (AvgIpc) is 2.67. The van der Waals surface area contributed by atoms with Gasteiger partial charge < -0.3 is 9.47 Å². The molecule has 6 heteroatoms. The molecule has 0 saturated carbocycles. The molecule has 1 aliphatic heterocycles. The molecule has 0 aromatic carbocycles. The van der Waals surface area contributed by atoms with E-state index >= 15 is 4.39 Å². The second-order valence-electron chi connectivity index (χ2n) is 9.43. The molecule has 8 atom stereocenters. The van der Waals surface area contributed by atoms with E-state index in [1.165, 1.54) is 7.11 Å². The molecule has 1 heterocycles. The maximum atomic E-state index is 15.3. The van der Waals surface area contributed by atoms with Gasteiger partial charge in [-0.1, -0.05) is 41.5 Å². The first-order chi connectivity index (χ1) is 13.2. The monoisotopic (exact) mass is 414 g/mol. The van der Waals surface area contributed by atoms with Gasteiger partial charge in [0, 0.05) is 24.9 Å². The summed E-state index contributed by atoms with van der Waals surface area (Å²) >= 11 is 0. The van der Waals surface area contributed by atoms with Crippen molar-refractivity contribution in [1.29, 1.82) is 0 Å². The number of alkyl halides is 1. The minimum atomic E-state index is -2.73. The fraction of sp³-hybridized carbons (Fsp3) is 0.870. The van der Waals surface area contributed by atoms with E-state index in [0.29, 0.717) is 19.3 Å². The fourth-order valence-electron chi connectivity index (χ4n) is 4.61. The Labute approximate surface area is 175 Å². The largest absolute Gasteiger partial charge is 0.459 e. The number of ketones is 2. The molecule has 0 aromatic rings. The minimum Gasteiger partial charge on any atom is -0.459 e. The van der Waals surface area contributed by atoms with Crippen molar-refractivity contribution in [2.45, 2.75) is 92.0 Å². The molecule has 1 rings (SSSR count). The van der Waals surface area contributed by atoms with Crippen LogP contribution >= 0.6 is 0 Å². The summed E-state index contributed by atoms with van der Waals surface area (Å²) in [4.78, 5) is 38.5. The molecule has 168 valence electrons. The second-order valence-corrected chi connectivity index (χ2v) is 9.43. The number of carbonyl (C=O) groups excluding carboxylic acids is 3. The number of halogens is 1. The van der Waals surface area contributed by atoms with Crippen LogP contribution in [0.3, 0.4) is 0 Å². The number of hydrogen-bond acceptors (Lipinski definition) is 5. The molecule has 1 aliphatic rings. The fourth-order valence-corrected chi connectivity index (χ4v) is 4.61. The van der Waals surface area contributed by atoms with Crippen molar-refractivity contribution >= 4 is 17.5 Å². The van der Waals surface area contributed by atoms with Crippen LogP contribution in [0, 0.1) is 29.6 Å². The average molecular weight is 415 g/mol. The summed E-state index contributed by atoms with van der Waals surface area (Å²) in [5, 5.41) is 0. The van der Waals surface area contributed by atoms with E-state index in [0.717, 1.165) is 6.92 Å². The number of rotatable bonds is 2. The highest BCUT2D eigenvalue weighted by atomic mass is 19.1. The third kappa shape index (κ3) is 5.44. The van der Waals surface area contributed by atoms with Crippen molar-refractivity contribution < 1.29 is 28.2 Å². The van der Waals surface area contributed by atoms with Crippen molar-refractivity contribution in [3.63, 3.8) is 0 Å². The molecule has 0 N–H and O–H groups in total. The Balaban J connectivity index is 3.41. The molecule has 0 aliphatic carbocycles. The first kappa shape index (κ1) is 25.7. The Hall–Kier alpha value is -1.30. The number of Topliss-reactive ketones (excluding diaryl/α,β-unsaturated/α-hetero) is 2. The Morgan fingerprint density at radius 1 is 1.07 bits per heavy atom. The lowest BCUT2D eigenvalue weighted by Gasteiger charge is -2.40. The zero-order chi connectivity index (χ0) is 22.7. The van der Waals surface area contributed by atoms with Crippen molar-refractivity contribution in [3.8, 4) is 0 Å². The van der Waals surface area contributed by atoms with Crippen molar-refractivity contribution in [2.75, 3.05) is 7.11 Å². The summed E-state index contributed by atoms with van der Waals surface area (Å²) in [6, 6.07) is 0. The van der Waals surface area contributed by atoms with Crippen LogP contribution in [0.25, 0.3) is 0 Å². The van der Waals surface area contributed by atoms with Crippen LogP contribution in [0.4, 0.5) is 4.39 Å². The Bertz CT molecular complexity index is 616. The third-order valence-corrected chi connectivity index (χ3v) is 7.14. The molecule has 1 fully saturated rings. The molecule has 5 nitrogen and oxygen atoms in total. The number of carbonyl (C=O) groups is 3. The van der Waals surface area contributed by atoms with Gasteiger partial charge in [0.25, 0.3) is 5.67 Å². The Morgan fingerprint density at radius 2 is 1.62 bits per heavy atom. The van der Waals surface area contributed by atoms with Crippen LogP contribution in [-0.4, -0.2) is 42.0 Å². The Kier molecular flexibility index (Phi) is 8.58. The summed E-state index contributed by atoms with van der Waals surface area (Å²) in [6.45, 7) is 13.7. The summed E-state index contributed by atoms with van der Waals surface area (Å²) in [7, 11) is 1.54. The number of ether oxygens (including phenoxy) is 2. The zero-order valence-electron chi connectivity index (χ0n) is 19.5. The van der Waals surface area contributed by atoms with E-state index in [1.807, 2.05) is 34.6 Å².